The number of sulfonamides is 1. The Morgan fingerprint density at radius 2 is 1.91 bits per heavy atom. The molecule has 2 aliphatic heterocycles. The number of rotatable bonds is 8. The van der Waals surface area contributed by atoms with Crippen molar-refractivity contribution in [3.8, 4) is 5.88 Å². The van der Waals surface area contributed by atoms with Crippen LogP contribution in [-0.4, -0.2) is 92.2 Å². The zero-order chi connectivity index (χ0) is 37.5. The topological polar surface area (TPSA) is 195 Å². The highest BCUT2D eigenvalue weighted by atomic mass is 32.2. The second kappa shape index (κ2) is 14.5. The minimum atomic E-state index is -3.91. The Balaban J connectivity index is 1.20. The third kappa shape index (κ3) is 7.75. The molecule has 282 valence electrons. The quantitative estimate of drug-likeness (QED) is 0.288. The number of carbonyl (C=O) groups excluding carboxylic acids is 4. The van der Waals surface area contributed by atoms with E-state index in [2.05, 4.69) is 30.4 Å². The van der Waals surface area contributed by atoms with Crippen LogP contribution in [0.25, 0.3) is 11.0 Å². The lowest BCUT2D eigenvalue weighted by Crippen LogP contribution is -2.58. The van der Waals surface area contributed by atoms with Crippen molar-refractivity contribution >= 4 is 44.7 Å². The van der Waals surface area contributed by atoms with E-state index in [0.29, 0.717) is 49.7 Å². The van der Waals surface area contributed by atoms with Crippen LogP contribution in [0.3, 0.4) is 0 Å². The summed E-state index contributed by atoms with van der Waals surface area (Å²) in [5.41, 5.74) is -0.135. The van der Waals surface area contributed by atoms with Crippen LogP contribution in [0, 0.1) is 11.7 Å². The number of hydrogen-bond donors (Lipinski definition) is 3. The largest absolute Gasteiger partial charge is 0.471 e. The lowest BCUT2D eigenvalue weighted by molar-refractivity contribution is -0.141. The molecule has 4 amide bonds. The molecule has 0 bridgehead atoms. The van der Waals surface area contributed by atoms with Crippen LogP contribution < -0.4 is 20.1 Å². The summed E-state index contributed by atoms with van der Waals surface area (Å²) < 4.78 is 49.7. The van der Waals surface area contributed by atoms with Gasteiger partial charge in [-0.2, -0.15) is 5.10 Å². The number of amides is 4. The highest BCUT2D eigenvalue weighted by molar-refractivity contribution is 7.91. The molecule has 2 aromatic heterocycles. The number of benzene rings is 1. The van der Waals surface area contributed by atoms with Crippen molar-refractivity contribution in [3.05, 3.63) is 59.8 Å². The van der Waals surface area contributed by atoms with Gasteiger partial charge in [-0.05, 0) is 63.1 Å². The van der Waals surface area contributed by atoms with Gasteiger partial charge in [0.2, 0.25) is 27.7 Å². The number of nitrogens with zero attached hydrogens (tertiary/aromatic N) is 5. The van der Waals surface area contributed by atoms with Crippen LogP contribution in [0.2, 0.25) is 0 Å². The fourth-order valence-electron chi connectivity index (χ4n) is 7.15. The highest BCUT2D eigenvalue weighted by Crippen LogP contribution is 2.46. The molecule has 3 aromatic rings. The van der Waals surface area contributed by atoms with E-state index >= 15 is 0 Å². The van der Waals surface area contributed by atoms with Gasteiger partial charge in [-0.15, -0.1) is 0 Å². The third-order valence-electron chi connectivity index (χ3n) is 10.4. The molecule has 2 aliphatic carbocycles. The zero-order valence-corrected chi connectivity index (χ0v) is 30.4. The summed E-state index contributed by atoms with van der Waals surface area (Å²) in [6.45, 7) is 1.79. The molecule has 1 saturated heterocycles. The van der Waals surface area contributed by atoms with Gasteiger partial charge >= 0.3 is 0 Å². The van der Waals surface area contributed by atoms with E-state index in [-0.39, 0.29) is 36.5 Å². The Morgan fingerprint density at radius 1 is 1.09 bits per heavy atom. The second-order valence-electron chi connectivity index (χ2n) is 14.4. The normalized spacial score (nSPS) is 27.1. The van der Waals surface area contributed by atoms with E-state index in [9.17, 15) is 32.0 Å². The SMILES string of the molecule is CCc1nc2ccc(F)cc2nc1OC1CC2C(=O)NC3(C(=O)NS(=O)(=O)C4CC4)CC3/C=C\CCCCCC(NC(=O)c3ccn(C)n3)C(=O)N2C1. The first-order chi connectivity index (χ1) is 25.4. The van der Waals surface area contributed by atoms with Crippen molar-refractivity contribution in [3.63, 3.8) is 0 Å². The first-order valence-corrected chi connectivity index (χ1v) is 19.7. The summed E-state index contributed by atoms with van der Waals surface area (Å²) in [6.07, 6.45) is 9.25. The Bertz CT molecular complexity index is 2090. The number of fused-ring (bicyclic) bond motifs is 3. The molecular weight excluding hydrogens is 708 g/mol. The molecule has 3 fully saturated rings. The maximum absolute atomic E-state index is 14.5. The predicted octanol–water partition coefficient (Wildman–Crippen LogP) is 2.22. The van der Waals surface area contributed by atoms with Gasteiger partial charge in [0.1, 0.15) is 40.9 Å². The first-order valence-electron chi connectivity index (χ1n) is 18.2. The summed E-state index contributed by atoms with van der Waals surface area (Å²) in [7, 11) is -2.23. The van der Waals surface area contributed by atoms with Crippen LogP contribution in [0.15, 0.2) is 42.6 Å². The molecule has 0 spiro atoms. The van der Waals surface area contributed by atoms with Crippen LogP contribution in [0.5, 0.6) is 5.88 Å². The lowest BCUT2D eigenvalue weighted by Gasteiger charge is -2.29. The van der Waals surface area contributed by atoms with Crippen LogP contribution in [0.1, 0.15) is 80.9 Å². The van der Waals surface area contributed by atoms with Crippen LogP contribution >= 0.6 is 0 Å². The number of ether oxygens (including phenoxy) is 1. The van der Waals surface area contributed by atoms with Crippen molar-refractivity contribution in [2.24, 2.45) is 13.0 Å². The number of aromatic nitrogens is 4. The van der Waals surface area contributed by atoms with Gasteiger partial charge in [-0.3, -0.25) is 28.6 Å². The van der Waals surface area contributed by atoms with Gasteiger partial charge in [0.05, 0.1) is 22.8 Å². The van der Waals surface area contributed by atoms with Crippen LogP contribution in [0.4, 0.5) is 4.39 Å². The minimum absolute atomic E-state index is 0.0108. The van der Waals surface area contributed by atoms with Crippen molar-refractivity contribution in [2.45, 2.75) is 100 Å². The van der Waals surface area contributed by atoms with E-state index in [1.165, 1.54) is 33.8 Å². The molecule has 4 heterocycles. The van der Waals surface area contributed by atoms with Crippen molar-refractivity contribution < 1.29 is 36.7 Å². The smallest absolute Gasteiger partial charge is 0.272 e. The Morgan fingerprint density at radius 3 is 2.64 bits per heavy atom. The molecule has 5 unspecified atom stereocenters. The van der Waals surface area contributed by atoms with E-state index in [1.807, 2.05) is 19.1 Å². The molecule has 53 heavy (non-hydrogen) atoms. The monoisotopic (exact) mass is 750 g/mol. The maximum atomic E-state index is 14.5. The first kappa shape index (κ1) is 36.4. The lowest BCUT2D eigenvalue weighted by atomic mass is 10.0. The molecule has 17 heteroatoms. The summed E-state index contributed by atoms with van der Waals surface area (Å²) in [5.74, 6) is -3.34. The fraction of sp³-hybridized carbons (Fsp3) is 0.528. The molecule has 4 aliphatic rings. The molecule has 3 N–H and O–H groups in total. The third-order valence-corrected chi connectivity index (χ3v) is 12.2. The van der Waals surface area contributed by atoms with Gasteiger partial charge < -0.3 is 20.3 Å². The highest BCUT2D eigenvalue weighted by Gasteiger charge is 2.62. The summed E-state index contributed by atoms with van der Waals surface area (Å²) in [5, 5.41) is 9.20. The maximum Gasteiger partial charge on any atom is 0.272 e. The average molecular weight is 751 g/mol. The minimum Gasteiger partial charge on any atom is -0.471 e. The predicted molar refractivity (Wildman–Crippen MR) is 189 cm³/mol. The average Bonchev–Trinajstić information content (AvgIpc) is 4.01. The Hall–Kier alpha value is -4.93. The van der Waals surface area contributed by atoms with E-state index in [4.69, 9.17) is 4.74 Å². The van der Waals surface area contributed by atoms with Crippen LogP contribution in [-0.2, 0) is 37.9 Å². The molecule has 7 rings (SSSR count). The number of aryl methyl sites for hydroxylation is 2. The second-order valence-corrected chi connectivity index (χ2v) is 16.3. The summed E-state index contributed by atoms with van der Waals surface area (Å²) in [4.78, 5) is 66.3. The number of allylic oxidation sites excluding steroid dienone is 1. The Kier molecular flexibility index (Phi) is 9.95. The molecular formula is C36H43FN8O7S. The van der Waals surface area contributed by atoms with Crippen molar-refractivity contribution in [2.75, 3.05) is 6.54 Å². The Labute approximate surface area is 306 Å². The standard InChI is InChI=1S/C36H43FN8O7S/c1-3-25-33(40-29-17-22(37)11-14-26(29)38-25)52-23-18-30-32(47)41-36(35(49)43-53(50,51)24-12-13-24)19-21(36)9-7-5-4-6-8-10-28(34(48)45(30)20-23)39-31(46)27-15-16-44(2)42-27/h7,9,11,14-17,21,23-24,28,30H,3-6,8,10,12-13,18-20H2,1-2H3,(H,39,46)(H,41,47)(H,43,49)/b9-7-. The number of halogens is 1. The molecule has 1 aromatic carbocycles. The number of nitrogens with one attached hydrogen (secondary N) is 3. The van der Waals surface area contributed by atoms with Gasteiger partial charge in [-0.25, -0.2) is 22.8 Å². The van der Waals surface area contributed by atoms with Gasteiger partial charge in [0, 0.05) is 31.6 Å². The van der Waals surface area contributed by atoms with E-state index in [0.717, 1.165) is 12.8 Å². The van der Waals surface area contributed by atoms with Gasteiger partial charge in [0.15, 0.2) is 0 Å². The van der Waals surface area contributed by atoms with Crippen molar-refractivity contribution in [1.29, 1.82) is 0 Å². The molecule has 5 atom stereocenters. The molecule has 0 radical (unpaired) electrons. The molecule has 2 saturated carbocycles. The van der Waals surface area contributed by atoms with E-state index < -0.39 is 74.4 Å². The fourth-order valence-corrected chi connectivity index (χ4v) is 8.51. The van der Waals surface area contributed by atoms with E-state index in [1.54, 1.807) is 13.2 Å². The number of carbonyl (C=O) groups is 4. The summed E-state index contributed by atoms with van der Waals surface area (Å²) in [6, 6.07) is 3.43. The summed E-state index contributed by atoms with van der Waals surface area (Å²) >= 11 is 0. The van der Waals surface area contributed by atoms with Crippen molar-refractivity contribution in [1.82, 2.24) is 40.0 Å². The zero-order valence-electron chi connectivity index (χ0n) is 29.6. The van der Waals surface area contributed by atoms with Gasteiger partial charge in [-0.1, -0.05) is 31.9 Å². The molecule has 15 nitrogen and oxygen atoms in total. The number of hydrogen-bond acceptors (Lipinski definition) is 10. The van der Waals surface area contributed by atoms with Gasteiger partial charge in [0.25, 0.3) is 11.8 Å².